The Bertz CT molecular complexity index is 1080. The van der Waals surface area contributed by atoms with Gasteiger partial charge in [-0.1, -0.05) is 36.4 Å². The standard InChI is InChI=1S/C26H28FN3O3/c1-20-9-10-22(16-24(20)27)26(32)29-13-11-28(12-14-29)19-25(31)30(18-23-8-5-15-33-23)17-21-6-3-2-4-7-21/h2-10,15-16H,11-14,17-19H2,1H3. The van der Waals surface area contributed by atoms with Crippen LogP contribution in [0.25, 0.3) is 0 Å². The summed E-state index contributed by atoms with van der Waals surface area (Å²) in [4.78, 5) is 31.5. The highest BCUT2D eigenvalue weighted by Gasteiger charge is 2.25. The van der Waals surface area contributed by atoms with Crippen LogP contribution in [0.15, 0.2) is 71.3 Å². The lowest BCUT2D eigenvalue weighted by molar-refractivity contribution is -0.134. The Morgan fingerprint density at radius 3 is 2.39 bits per heavy atom. The second kappa shape index (κ2) is 10.4. The fraction of sp³-hybridized carbons (Fsp3) is 0.308. The summed E-state index contributed by atoms with van der Waals surface area (Å²) < 4.78 is 19.3. The molecule has 1 aliphatic rings. The van der Waals surface area contributed by atoms with Crippen molar-refractivity contribution in [2.45, 2.75) is 20.0 Å². The van der Waals surface area contributed by atoms with Crippen LogP contribution in [0.5, 0.6) is 0 Å². The summed E-state index contributed by atoms with van der Waals surface area (Å²) in [6.45, 7) is 5.02. The smallest absolute Gasteiger partial charge is 0.254 e. The van der Waals surface area contributed by atoms with Crippen molar-refractivity contribution in [2.24, 2.45) is 0 Å². The van der Waals surface area contributed by atoms with E-state index in [1.54, 1.807) is 35.1 Å². The van der Waals surface area contributed by atoms with Crippen LogP contribution in [0.3, 0.4) is 0 Å². The third-order valence-corrected chi connectivity index (χ3v) is 5.93. The van der Waals surface area contributed by atoms with Gasteiger partial charge in [-0.3, -0.25) is 14.5 Å². The number of amides is 2. The number of halogens is 1. The van der Waals surface area contributed by atoms with Crippen LogP contribution in [0.2, 0.25) is 0 Å². The first-order valence-electron chi connectivity index (χ1n) is 11.1. The molecule has 2 heterocycles. The summed E-state index contributed by atoms with van der Waals surface area (Å²) in [6, 6.07) is 18.1. The van der Waals surface area contributed by atoms with Crippen molar-refractivity contribution in [1.82, 2.24) is 14.7 Å². The Kier molecular flexibility index (Phi) is 7.19. The second-order valence-electron chi connectivity index (χ2n) is 8.35. The van der Waals surface area contributed by atoms with Gasteiger partial charge in [-0.15, -0.1) is 0 Å². The van der Waals surface area contributed by atoms with E-state index in [1.165, 1.54) is 6.07 Å². The van der Waals surface area contributed by atoms with Gasteiger partial charge < -0.3 is 14.2 Å². The molecule has 172 valence electrons. The number of hydrogen-bond donors (Lipinski definition) is 0. The molecule has 3 aromatic rings. The van der Waals surface area contributed by atoms with Gasteiger partial charge in [0.1, 0.15) is 11.6 Å². The van der Waals surface area contributed by atoms with E-state index >= 15 is 0 Å². The van der Waals surface area contributed by atoms with Crippen LogP contribution >= 0.6 is 0 Å². The first kappa shape index (κ1) is 22.7. The van der Waals surface area contributed by atoms with Crippen molar-refractivity contribution in [3.8, 4) is 0 Å². The van der Waals surface area contributed by atoms with Crippen molar-refractivity contribution < 1.29 is 18.4 Å². The summed E-state index contributed by atoms with van der Waals surface area (Å²) in [5.41, 5.74) is 1.93. The number of carbonyl (C=O) groups excluding carboxylic acids is 2. The molecule has 1 aliphatic heterocycles. The number of carbonyl (C=O) groups is 2. The average Bonchev–Trinajstić information content (AvgIpc) is 3.34. The van der Waals surface area contributed by atoms with Crippen molar-refractivity contribution in [3.63, 3.8) is 0 Å². The van der Waals surface area contributed by atoms with E-state index < -0.39 is 0 Å². The Morgan fingerprint density at radius 1 is 0.970 bits per heavy atom. The third kappa shape index (κ3) is 5.87. The molecule has 6 nitrogen and oxygen atoms in total. The molecule has 0 aliphatic carbocycles. The average molecular weight is 450 g/mol. The molecule has 0 unspecified atom stereocenters. The molecule has 0 saturated carbocycles. The summed E-state index contributed by atoms with van der Waals surface area (Å²) in [5.74, 6) is 0.194. The lowest BCUT2D eigenvalue weighted by Gasteiger charge is -2.35. The number of benzene rings is 2. The lowest BCUT2D eigenvalue weighted by atomic mass is 10.1. The van der Waals surface area contributed by atoms with E-state index in [-0.39, 0.29) is 24.2 Å². The van der Waals surface area contributed by atoms with Gasteiger partial charge in [0.25, 0.3) is 5.91 Å². The molecule has 2 amide bonds. The molecule has 0 spiro atoms. The predicted molar refractivity (Wildman–Crippen MR) is 123 cm³/mol. The van der Waals surface area contributed by atoms with E-state index in [2.05, 4.69) is 4.90 Å². The molecular formula is C26H28FN3O3. The summed E-state index contributed by atoms with van der Waals surface area (Å²) >= 11 is 0. The van der Waals surface area contributed by atoms with Crippen LogP contribution in [0.1, 0.15) is 27.2 Å². The quantitative estimate of drug-likeness (QED) is 0.552. The van der Waals surface area contributed by atoms with Crippen molar-refractivity contribution >= 4 is 11.8 Å². The van der Waals surface area contributed by atoms with Gasteiger partial charge in [-0.05, 0) is 42.3 Å². The zero-order valence-corrected chi connectivity index (χ0v) is 18.7. The molecule has 0 radical (unpaired) electrons. The highest BCUT2D eigenvalue weighted by molar-refractivity contribution is 5.94. The third-order valence-electron chi connectivity index (χ3n) is 5.93. The summed E-state index contributed by atoms with van der Waals surface area (Å²) in [7, 11) is 0. The molecule has 33 heavy (non-hydrogen) atoms. The van der Waals surface area contributed by atoms with Gasteiger partial charge in [0, 0.05) is 38.3 Å². The fourth-order valence-electron chi connectivity index (χ4n) is 3.94. The van der Waals surface area contributed by atoms with Gasteiger partial charge in [-0.2, -0.15) is 0 Å². The highest BCUT2D eigenvalue weighted by Crippen LogP contribution is 2.15. The van der Waals surface area contributed by atoms with Crippen molar-refractivity contribution in [2.75, 3.05) is 32.7 Å². The molecule has 1 aromatic heterocycles. The summed E-state index contributed by atoms with van der Waals surface area (Å²) in [5, 5.41) is 0. The van der Waals surface area contributed by atoms with Crippen LogP contribution < -0.4 is 0 Å². The Labute approximate surface area is 193 Å². The fourth-order valence-corrected chi connectivity index (χ4v) is 3.94. The SMILES string of the molecule is Cc1ccc(C(=O)N2CCN(CC(=O)N(Cc3ccccc3)Cc3ccco3)CC2)cc1F. The number of aryl methyl sites for hydroxylation is 1. The minimum Gasteiger partial charge on any atom is -0.467 e. The van der Waals surface area contributed by atoms with Gasteiger partial charge in [0.2, 0.25) is 5.91 Å². The Balaban J connectivity index is 1.35. The largest absolute Gasteiger partial charge is 0.467 e. The lowest BCUT2D eigenvalue weighted by Crippen LogP contribution is -2.51. The first-order valence-corrected chi connectivity index (χ1v) is 11.1. The molecule has 0 atom stereocenters. The van der Waals surface area contributed by atoms with E-state index in [9.17, 15) is 14.0 Å². The normalized spacial score (nSPS) is 14.3. The maximum Gasteiger partial charge on any atom is 0.254 e. The minimum absolute atomic E-state index is 0.00985. The van der Waals surface area contributed by atoms with Gasteiger partial charge in [0.15, 0.2) is 0 Å². The maximum atomic E-state index is 13.9. The van der Waals surface area contributed by atoms with Gasteiger partial charge in [0.05, 0.1) is 19.4 Å². The number of piperazine rings is 1. The highest BCUT2D eigenvalue weighted by atomic mass is 19.1. The van der Waals surface area contributed by atoms with Crippen LogP contribution in [0, 0.1) is 12.7 Å². The molecule has 2 aromatic carbocycles. The number of hydrogen-bond acceptors (Lipinski definition) is 4. The number of nitrogens with zero attached hydrogens (tertiary/aromatic N) is 3. The predicted octanol–water partition coefficient (Wildman–Crippen LogP) is 3.71. The van der Waals surface area contributed by atoms with E-state index in [0.717, 1.165) is 11.3 Å². The molecule has 0 N–H and O–H groups in total. The van der Waals surface area contributed by atoms with E-state index in [0.29, 0.717) is 50.4 Å². The first-order chi connectivity index (χ1) is 16.0. The number of furan rings is 1. The Hall–Kier alpha value is -3.45. The summed E-state index contributed by atoms with van der Waals surface area (Å²) in [6.07, 6.45) is 1.61. The van der Waals surface area contributed by atoms with Crippen molar-refractivity contribution in [1.29, 1.82) is 0 Å². The number of rotatable bonds is 7. The molecule has 1 saturated heterocycles. The van der Waals surface area contributed by atoms with Gasteiger partial charge >= 0.3 is 0 Å². The van der Waals surface area contributed by atoms with E-state index in [1.807, 2.05) is 42.5 Å². The molecule has 7 heteroatoms. The Morgan fingerprint density at radius 2 is 1.73 bits per heavy atom. The molecule has 0 bridgehead atoms. The second-order valence-corrected chi connectivity index (χ2v) is 8.35. The maximum absolute atomic E-state index is 13.9. The zero-order valence-electron chi connectivity index (χ0n) is 18.7. The van der Waals surface area contributed by atoms with Crippen molar-refractivity contribution in [3.05, 3.63) is 95.2 Å². The van der Waals surface area contributed by atoms with Crippen LogP contribution in [-0.2, 0) is 17.9 Å². The van der Waals surface area contributed by atoms with Crippen LogP contribution in [-0.4, -0.2) is 59.2 Å². The van der Waals surface area contributed by atoms with Gasteiger partial charge in [-0.25, -0.2) is 4.39 Å². The minimum atomic E-state index is -0.375. The zero-order chi connectivity index (χ0) is 23.2. The molecular weight excluding hydrogens is 421 g/mol. The molecule has 1 fully saturated rings. The topological polar surface area (TPSA) is 57.0 Å². The van der Waals surface area contributed by atoms with E-state index in [4.69, 9.17) is 4.42 Å². The monoisotopic (exact) mass is 449 g/mol. The molecule has 4 rings (SSSR count). The van der Waals surface area contributed by atoms with Crippen LogP contribution in [0.4, 0.5) is 4.39 Å².